The maximum atomic E-state index is 11.9. The fourth-order valence-electron chi connectivity index (χ4n) is 2.28. The standard InChI is InChI=1S/C19H23N3O3/c1-22(2)16-10-8-15(9-11-16)21-19(25)18(24)20-13-17(23)12-14-6-4-3-5-7-14/h3-11,17,23H,12-13H2,1-2H3,(H,20,24)(H,21,25)/t17-/m0/s1. The molecule has 0 radical (unpaired) electrons. The summed E-state index contributed by atoms with van der Waals surface area (Å²) in [6, 6.07) is 16.6. The summed E-state index contributed by atoms with van der Waals surface area (Å²) in [4.78, 5) is 25.7. The molecule has 2 aromatic rings. The number of amides is 2. The number of aliphatic hydroxyl groups is 1. The number of carbonyl (C=O) groups excluding carboxylic acids is 2. The minimum atomic E-state index is -0.774. The van der Waals surface area contributed by atoms with E-state index in [0.717, 1.165) is 11.3 Å². The molecule has 0 fully saturated rings. The third kappa shape index (κ3) is 5.93. The maximum absolute atomic E-state index is 11.9. The van der Waals surface area contributed by atoms with E-state index in [-0.39, 0.29) is 6.54 Å². The van der Waals surface area contributed by atoms with E-state index in [9.17, 15) is 14.7 Å². The molecule has 132 valence electrons. The molecule has 2 rings (SSSR count). The van der Waals surface area contributed by atoms with Crippen LogP contribution in [0.25, 0.3) is 0 Å². The van der Waals surface area contributed by atoms with Crippen molar-refractivity contribution in [3.63, 3.8) is 0 Å². The molecule has 0 saturated carbocycles. The van der Waals surface area contributed by atoms with Crippen molar-refractivity contribution in [1.29, 1.82) is 0 Å². The molecule has 6 nitrogen and oxygen atoms in total. The van der Waals surface area contributed by atoms with Gasteiger partial charge in [-0.2, -0.15) is 0 Å². The number of hydrogen-bond donors (Lipinski definition) is 3. The van der Waals surface area contributed by atoms with Gasteiger partial charge in [0.15, 0.2) is 0 Å². The molecule has 0 aliphatic heterocycles. The summed E-state index contributed by atoms with van der Waals surface area (Å²) >= 11 is 0. The fraction of sp³-hybridized carbons (Fsp3) is 0.263. The van der Waals surface area contributed by atoms with E-state index in [4.69, 9.17) is 0 Å². The van der Waals surface area contributed by atoms with Crippen LogP contribution in [0, 0.1) is 0 Å². The normalized spacial score (nSPS) is 11.5. The summed E-state index contributed by atoms with van der Waals surface area (Å²) in [6.45, 7) is 0.0146. The highest BCUT2D eigenvalue weighted by molar-refractivity contribution is 6.39. The van der Waals surface area contributed by atoms with E-state index in [1.54, 1.807) is 12.1 Å². The smallest absolute Gasteiger partial charge is 0.313 e. The predicted octanol–water partition coefficient (Wildman–Crippen LogP) is 1.41. The number of rotatable bonds is 6. The second-order valence-electron chi connectivity index (χ2n) is 5.95. The molecular weight excluding hydrogens is 318 g/mol. The first-order valence-corrected chi connectivity index (χ1v) is 8.04. The van der Waals surface area contributed by atoms with Gasteiger partial charge in [0.1, 0.15) is 0 Å². The first kappa shape index (κ1) is 18.5. The summed E-state index contributed by atoms with van der Waals surface area (Å²) in [5.74, 6) is -1.53. The zero-order valence-corrected chi connectivity index (χ0v) is 14.4. The van der Waals surface area contributed by atoms with Gasteiger partial charge in [-0.3, -0.25) is 9.59 Å². The second-order valence-corrected chi connectivity index (χ2v) is 5.95. The quantitative estimate of drug-likeness (QED) is 0.694. The monoisotopic (exact) mass is 341 g/mol. The molecule has 0 aromatic heterocycles. The van der Waals surface area contributed by atoms with Crippen molar-refractivity contribution in [2.24, 2.45) is 0 Å². The Balaban J connectivity index is 1.78. The van der Waals surface area contributed by atoms with Crippen LogP contribution in [-0.4, -0.2) is 43.7 Å². The van der Waals surface area contributed by atoms with Crippen LogP contribution in [0.15, 0.2) is 54.6 Å². The van der Waals surface area contributed by atoms with Crippen molar-refractivity contribution < 1.29 is 14.7 Å². The van der Waals surface area contributed by atoms with Gasteiger partial charge in [0.05, 0.1) is 6.10 Å². The van der Waals surface area contributed by atoms with Gasteiger partial charge >= 0.3 is 11.8 Å². The lowest BCUT2D eigenvalue weighted by molar-refractivity contribution is -0.136. The van der Waals surface area contributed by atoms with Gasteiger partial charge in [0.2, 0.25) is 0 Å². The lowest BCUT2D eigenvalue weighted by Crippen LogP contribution is -2.40. The summed E-state index contributed by atoms with van der Waals surface area (Å²) in [5, 5.41) is 14.9. The van der Waals surface area contributed by atoms with Crippen LogP contribution in [0.3, 0.4) is 0 Å². The lowest BCUT2D eigenvalue weighted by Gasteiger charge is -2.13. The number of nitrogens with zero attached hydrogens (tertiary/aromatic N) is 1. The van der Waals surface area contributed by atoms with Crippen LogP contribution in [0.5, 0.6) is 0 Å². The average Bonchev–Trinajstić information content (AvgIpc) is 2.61. The number of nitrogens with one attached hydrogen (secondary N) is 2. The summed E-state index contributed by atoms with van der Waals surface area (Å²) in [7, 11) is 3.84. The third-order valence-electron chi connectivity index (χ3n) is 3.66. The zero-order chi connectivity index (χ0) is 18.2. The zero-order valence-electron chi connectivity index (χ0n) is 14.4. The van der Waals surface area contributed by atoms with Crippen LogP contribution >= 0.6 is 0 Å². The Kier molecular flexibility index (Phi) is 6.54. The molecule has 6 heteroatoms. The molecule has 2 aromatic carbocycles. The van der Waals surface area contributed by atoms with Gasteiger partial charge in [0, 0.05) is 38.4 Å². The number of benzene rings is 2. The number of carbonyl (C=O) groups is 2. The van der Waals surface area contributed by atoms with Crippen molar-refractivity contribution in [2.75, 3.05) is 30.9 Å². The minimum Gasteiger partial charge on any atom is -0.391 e. The predicted molar refractivity (Wildman–Crippen MR) is 98.6 cm³/mol. The molecule has 25 heavy (non-hydrogen) atoms. The van der Waals surface area contributed by atoms with Crippen LogP contribution < -0.4 is 15.5 Å². The topological polar surface area (TPSA) is 81.7 Å². The molecule has 0 saturated heterocycles. The molecule has 0 heterocycles. The van der Waals surface area contributed by atoms with E-state index in [1.807, 2.05) is 61.5 Å². The van der Waals surface area contributed by atoms with Crippen LogP contribution in [-0.2, 0) is 16.0 Å². The Morgan fingerprint density at radius 2 is 1.64 bits per heavy atom. The van der Waals surface area contributed by atoms with E-state index < -0.39 is 17.9 Å². The van der Waals surface area contributed by atoms with Crippen molar-refractivity contribution in [1.82, 2.24) is 5.32 Å². The number of anilines is 2. The van der Waals surface area contributed by atoms with Crippen LogP contribution in [0.2, 0.25) is 0 Å². The highest BCUT2D eigenvalue weighted by Crippen LogP contribution is 2.15. The lowest BCUT2D eigenvalue weighted by atomic mass is 10.1. The van der Waals surface area contributed by atoms with E-state index in [1.165, 1.54) is 0 Å². The van der Waals surface area contributed by atoms with E-state index in [0.29, 0.717) is 12.1 Å². The van der Waals surface area contributed by atoms with Gasteiger partial charge in [-0.25, -0.2) is 0 Å². The molecule has 2 amide bonds. The first-order valence-electron chi connectivity index (χ1n) is 8.04. The van der Waals surface area contributed by atoms with Gasteiger partial charge in [-0.15, -0.1) is 0 Å². The summed E-state index contributed by atoms with van der Waals surface area (Å²) in [6.07, 6.45) is -0.340. The Morgan fingerprint density at radius 1 is 1.00 bits per heavy atom. The second kappa shape index (κ2) is 8.84. The van der Waals surface area contributed by atoms with Crippen molar-refractivity contribution >= 4 is 23.2 Å². The Bertz CT molecular complexity index is 700. The number of hydrogen-bond acceptors (Lipinski definition) is 4. The van der Waals surface area contributed by atoms with Crippen LogP contribution in [0.4, 0.5) is 11.4 Å². The molecule has 1 atom stereocenters. The van der Waals surface area contributed by atoms with Crippen molar-refractivity contribution in [3.8, 4) is 0 Å². The summed E-state index contributed by atoms with van der Waals surface area (Å²) < 4.78 is 0. The molecule has 0 aliphatic carbocycles. The molecule has 0 bridgehead atoms. The molecule has 3 N–H and O–H groups in total. The number of aliphatic hydroxyl groups excluding tert-OH is 1. The SMILES string of the molecule is CN(C)c1ccc(NC(=O)C(=O)NC[C@@H](O)Cc2ccccc2)cc1. The van der Waals surface area contributed by atoms with E-state index >= 15 is 0 Å². The van der Waals surface area contributed by atoms with E-state index in [2.05, 4.69) is 10.6 Å². The average molecular weight is 341 g/mol. The van der Waals surface area contributed by atoms with Gasteiger partial charge in [-0.1, -0.05) is 30.3 Å². The minimum absolute atomic E-state index is 0.0146. The third-order valence-corrected chi connectivity index (χ3v) is 3.66. The van der Waals surface area contributed by atoms with Gasteiger partial charge in [0.25, 0.3) is 0 Å². The summed E-state index contributed by atoms with van der Waals surface area (Å²) in [5.41, 5.74) is 2.50. The first-order chi connectivity index (χ1) is 12.0. The van der Waals surface area contributed by atoms with Gasteiger partial charge in [-0.05, 0) is 29.8 Å². The molecule has 0 spiro atoms. The maximum Gasteiger partial charge on any atom is 0.313 e. The molecule has 0 aliphatic rings. The molecule has 0 unspecified atom stereocenters. The van der Waals surface area contributed by atoms with Crippen LogP contribution in [0.1, 0.15) is 5.56 Å². The van der Waals surface area contributed by atoms with Crippen molar-refractivity contribution in [3.05, 3.63) is 60.2 Å². The van der Waals surface area contributed by atoms with Crippen molar-refractivity contribution in [2.45, 2.75) is 12.5 Å². The molecular formula is C19H23N3O3. The highest BCUT2D eigenvalue weighted by Gasteiger charge is 2.15. The Hall–Kier alpha value is -2.86. The Labute approximate surface area is 147 Å². The highest BCUT2D eigenvalue weighted by atomic mass is 16.3. The fourth-order valence-corrected chi connectivity index (χ4v) is 2.28. The van der Waals surface area contributed by atoms with Gasteiger partial charge < -0.3 is 20.6 Å². The largest absolute Gasteiger partial charge is 0.391 e. The Morgan fingerprint density at radius 3 is 2.24 bits per heavy atom.